The molecule has 0 bridgehead atoms. The minimum absolute atomic E-state index is 0.0669. The maximum atomic E-state index is 12.9. The van der Waals surface area contributed by atoms with Crippen molar-refractivity contribution in [3.05, 3.63) is 27.2 Å². The lowest BCUT2D eigenvalue weighted by molar-refractivity contribution is -0.168. The van der Waals surface area contributed by atoms with Crippen molar-refractivity contribution in [3.8, 4) is 5.75 Å². The largest absolute Gasteiger partial charge is 0.465 e. The molecule has 0 heterocycles. The fourth-order valence-electron chi connectivity index (χ4n) is 3.05. The summed E-state index contributed by atoms with van der Waals surface area (Å²) >= 11 is 18.0. The van der Waals surface area contributed by atoms with E-state index in [0.29, 0.717) is 6.61 Å². The number of halogens is 3. The Hall–Kier alpha value is -0.970. The summed E-state index contributed by atoms with van der Waals surface area (Å²) in [5.41, 5.74) is -1.38. The van der Waals surface area contributed by atoms with Gasteiger partial charge in [0, 0.05) is 6.07 Å². The Labute approximate surface area is 189 Å². The monoisotopic (exact) mass is 464 g/mol. The van der Waals surface area contributed by atoms with Gasteiger partial charge < -0.3 is 9.47 Å². The van der Waals surface area contributed by atoms with Crippen LogP contribution < -0.4 is 4.74 Å². The molecule has 0 atom stereocenters. The standard InChI is InChI=1S/C22H31Cl3O4/c1-4-7-8-9-10-11-12-13-28-20(26)22(5-2,6-3)21(27)29-19-15-17(24)16(23)14-18(19)25/h14-15H,4-13H2,1-3H3. The van der Waals surface area contributed by atoms with E-state index in [1.165, 1.54) is 37.8 Å². The molecule has 0 fully saturated rings. The van der Waals surface area contributed by atoms with Crippen LogP contribution in [0.15, 0.2) is 12.1 Å². The van der Waals surface area contributed by atoms with Gasteiger partial charge >= 0.3 is 11.9 Å². The molecule has 0 radical (unpaired) electrons. The molecule has 1 rings (SSSR count). The molecule has 0 aliphatic heterocycles. The number of benzene rings is 1. The topological polar surface area (TPSA) is 52.6 Å². The van der Waals surface area contributed by atoms with Gasteiger partial charge in [0.15, 0.2) is 11.2 Å². The summed E-state index contributed by atoms with van der Waals surface area (Å²) in [7, 11) is 0. The van der Waals surface area contributed by atoms with Crippen LogP contribution in [0.25, 0.3) is 0 Å². The molecule has 29 heavy (non-hydrogen) atoms. The van der Waals surface area contributed by atoms with Gasteiger partial charge in [0.1, 0.15) is 0 Å². The summed E-state index contributed by atoms with van der Waals surface area (Å²) < 4.78 is 10.8. The van der Waals surface area contributed by atoms with Gasteiger partial charge in [-0.25, -0.2) is 0 Å². The predicted octanol–water partition coefficient (Wildman–Crippen LogP) is 7.65. The first kappa shape index (κ1) is 26.1. The highest BCUT2D eigenvalue weighted by Gasteiger charge is 2.46. The molecule has 0 aliphatic carbocycles. The van der Waals surface area contributed by atoms with E-state index in [1.807, 2.05) is 0 Å². The van der Waals surface area contributed by atoms with Crippen molar-refractivity contribution in [2.24, 2.45) is 5.41 Å². The highest BCUT2D eigenvalue weighted by atomic mass is 35.5. The second-order valence-electron chi connectivity index (χ2n) is 7.13. The summed E-state index contributed by atoms with van der Waals surface area (Å²) in [4.78, 5) is 25.6. The van der Waals surface area contributed by atoms with Crippen LogP contribution in [-0.4, -0.2) is 18.5 Å². The van der Waals surface area contributed by atoms with E-state index in [-0.39, 0.29) is 33.7 Å². The number of esters is 2. The maximum Gasteiger partial charge on any atom is 0.328 e. The molecule has 0 spiro atoms. The number of unbranched alkanes of at least 4 members (excludes halogenated alkanes) is 6. The number of rotatable bonds is 13. The molecule has 0 aromatic heterocycles. The van der Waals surface area contributed by atoms with Crippen LogP contribution >= 0.6 is 34.8 Å². The Bertz CT molecular complexity index is 672. The van der Waals surface area contributed by atoms with E-state index in [2.05, 4.69) is 6.92 Å². The predicted molar refractivity (Wildman–Crippen MR) is 119 cm³/mol. The number of hydrogen-bond donors (Lipinski definition) is 0. The lowest BCUT2D eigenvalue weighted by Crippen LogP contribution is -2.42. The molecule has 164 valence electrons. The Morgan fingerprint density at radius 1 is 0.793 bits per heavy atom. The van der Waals surface area contributed by atoms with Crippen molar-refractivity contribution in [2.45, 2.75) is 78.6 Å². The summed E-state index contributed by atoms with van der Waals surface area (Å²) in [5.74, 6) is -1.20. The molecule has 7 heteroatoms. The summed E-state index contributed by atoms with van der Waals surface area (Å²) in [5, 5.41) is 0.604. The summed E-state index contributed by atoms with van der Waals surface area (Å²) in [6.07, 6.45) is 8.37. The molecule has 0 unspecified atom stereocenters. The van der Waals surface area contributed by atoms with Gasteiger partial charge in [-0.05, 0) is 25.3 Å². The highest BCUT2D eigenvalue weighted by Crippen LogP contribution is 2.37. The van der Waals surface area contributed by atoms with Crippen molar-refractivity contribution in [2.75, 3.05) is 6.61 Å². The zero-order valence-electron chi connectivity index (χ0n) is 17.5. The third-order valence-corrected chi connectivity index (χ3v) is 6.16. The third-order valence-electron chi connectivity index (χ3n) is 5.15. The van der Waals surface area contributed by atoms with Crippen molar-refractivity contribution in [1.29, 1.82) is 0 Å². The van der Waals surface area contributed by atoms with Gasteiger partial charge in [-0.3, -0.25) is 9.59 Å². The SMILES string of the molecule is CCCCCCCCCOC(=O)C(CC)(CC)C(=O)Oc1cc(Cl)c(Cl)cc1Cl. The van der Waals surface area contributed by atoms with Gasteiger partial charge in [0.2, 0.25) is 0 Å². The molecular formula is C22H31Cl3O4. The van der Waals surface area contributed by atoms with Crippen molar-refractivity contribution >= 4 is 46.7 Å². The molecular weight excluding hydrogens is 435 g/mol. The van der Waals surface area contributed by atoms with Crippen LogP contribution in [0.2, 0.25) is 15.1 Å². The zero-order chi connectivity index (χ0) is 21.9. The van der Waals surface area contributed by atoms with Gasteiger partial charge in [-0.15, -0.1) is 0 Å². The Balaban J connectivity index is 2.67. The molecule has 0 saturated heterocycles. The van der Waals surface area contributed by atoms with E-state index < -0.39 is 17.4 Å². The van der Waals surface area contributed by atoms with Crippen LogP contribution in [-0.2, 0) is 14.3 Å². The fourth-order valence-corrected chi connectivity index (χ4v) is 3.63. The summed E-state index contributed by atoms with van der Waals surface area (Å²) in [6, 6.07) is 2.76. The Morgan fingerprint density at radius 2 is 1.34 bits per heavy atom. The number of carbonyl (C=O) groups is 2. The smallest absolute Gasteiger partial charge is 0.328 e. The van der Waals surface area contributed by atoms with Gasteiger partial charge in [-0.2, -0.15) is 0 Å². The molecule has 1 aromatic rings. The van der Waals surface area contributed by atoms with Crippen molar-refractivity contribution < 1.29 is 19.1 Å². The van der Waals surface area contributed by atoms with Crippen molar-refractivity contribution in [1.82, 2.24) is 0 Å². The average molecular weight is 466 g/mol. The van der Waals surface area contributed by atoms with Gasteiger partial charge in [0.05, 0.1) is 21.7 Å². The summed E-state index contributed by atoms with van der Waals surface area (Å²) in [6.45, 7) is 6.01. The van der Waals surface area contributed by atoms with Gasteiger partial charge in [-0.1, -0.05) is 94.1 Å². The first-order chi connectivity index (χ1) is 13.8. The van der Waals surface area contributed by atoms with Crippen molar-refractivity contribution in [3.63, 3.8) is 0 Å². The van der Waals surface area contributed by atoms with E-state index in [1.54, 1.807) is 13.8 Å². The number of carbonyl (C=O) groups excluding carboxylic acids is 2. The second-order valence-corrected chi connectivity index (χ2v) is 8.35. The first-order valence-corrected chi connectivity index (χ1v) is 11.5. The molecule has 1 aromatic carbocycles. The minimum atomic E-state index is -1.38. The van der Waals surface area contributed by atoms with Crippen LogP contribution in [0.4, 0.5) is 0 Å². The van der Waals surface area contributed by atoms with E-state index in [9.17, 15) is 9.59 Å². The molecule has 0 amide bonds. The molecule has 0 N–H and O–H groups in total. The quantitative estimate of drug-likeness (QED) is 0.0986. The van der Waals surface area contributed by atoms with Gasteiger partial charge in [0.25, 0.3) is 0 Å². The molecule has 4 nitrogen and oxygen atoms in total. The van der Waals surface area contributed by atoms with Crippen LogP contribution in [0.5, 0.6) is 5.75 Å². The fraction of sp³-hybridized carbons (Fsp3) is 0.636. The Kier molecular flexibility index (Phi) is 12.0. The zero-order valence-corrected chi connectivity index (χ0v) is 19.8. The average Bonchev–Trinajstić information content (AvgIpc) is 2.69. The number of ether oxygens (including phenoxy) is 2. The van der Waals surface area contributed by atoms with Crippen LogP contribution in [0.1, 0.15) is 78.6 Å². The second kappa shape index (κ2) is 13.4. The minimum Gasteiger partial charge on any atom is -0.465 e. The lowest BCUT2D eigenvalue weighted by Gasteiger charge is -2.27. The van der Waals surface area contributed by atoms with E-state index in [4.69, 9.17) is 44.3 Å². The van der Waals surface area contributed by atoms with E-state index >= 15 is 0 Å². The maximum absolute atomic E-state index is 12.9. The van der Waals surface area contributed by atoms with E-state index in [0.717, 1.165) is 19.3 Å². The molecule has 0 aliphatic rings. The Morgan fingerprint density at radius 3 is 1.93 bits per heavy atom. The first-order valence-electron chi connectivity index (χ1n) is 10.4. The normalized spacial score (nSPS) is 11.4. The third kappa shape index (κ3) is 7.66. The highest BCUT2D eigenvalue weighted by molar-refractivity contribution is 6.43. The number of hydrogen-bond acceptors (Lipinski definition) is 4. The lowest BCUT2D eigenvalue weighted by atomic mass is 9.82. The molecule has 0 saturated carbocycles. The van der Waals surface area contributed by atoms with Crippen LogP contribution in [0, 0.1) is 5.41 Å². The van der Waals surface area contributed by atoms with Crippen LogP contribution in [0.3, 0.4) is 0 Å².